The number of nitrogen functional groups attached to an aromatic ring is 1. The molecule has 0 amide bonds. The van der Waals surface area contributed by atoms with Gasteiger partial charge in [0.25, 0.3) is 0 Å². The molecule has 0 heterocycles. The third kappa shape index (κ3) is 3.08. The first-order valence-electron chi connectivity index (χ1n) is 5.59. The first kappa shape index (κ1) is 14.7. The number of rotatable bonds is 6. The fourth-order valence-corrected chi connectivity index (χ4v) is 3.20. The maximum Gasteiger partial charge on any atom is 0.245 e. The molecule has 0 spiro atoms. The molecule has 0 bridgehead atoms. The van der Waals surface area contributed by atoms with Crippen molar-refractivity contribution in [1.82, 2.24) is 4.31 Å². The van der Waals surface area contributed by atoms with Gasteiger partial charge in [-0.2, -0.15) is 4.31 Å². The molecule has 0 aliphatic heterocycles. The average Bonchev–Trinajstić information content (AvgIpc) is 2.28. The molecule has 0 saturated carbocycles. The lowest BCUT2D eigenvalue weighted by Crippen LogP contribution is -2.32. The van der Waals surface area contributed by atoms with Crippen LogP contribution < -0.4 is 5.73 Å². The number of hydrogen-bond donors (Lipinski definition) is 1. The zero-order valence-electron chi connectivity index (χ0n) is 10.3. The predicted molar refractivity (Wildman–Crippen MR) is 70.1 cm³/mol. The van der Waals surface area contributed by atoms with Gasteiger partial charge in [-0.3, -0.25) is 0 Å². The number of nitrogens with two attached hydrogens (primary N) is 1. The van der Waals surface area contributed by atoms with Crippen LogP contribution in [0.15, 0.2) is 35.7 Å². The zero-order chi connectivity index (χ0) is 13.8. The quantitative estimate of drug-likeness (QED) is 0.636. The van der Waals surface area contributed by atoms with Gasteiger partial charge in [0, 0.05) is 13.1 Å². The topological polar surface area (TPSA) is 63.4 Å². The van der Waals surface area contributed by atoms with Crippen molar-refractivity contribution in [2.75, 3.05) is 18.8 Å². The zero-order valence-corrected chi connectivity index (χ0v) is 11.1. The van der Waals surface area contributed by atoms with Gasteiger partial charge < -0.3 is 5.73 Å². The van der Waals surface area contributed by atoms with E-state index in [2.05, 4.69) is 6.58 Å². The summed E-state index contributed by atoms with van der Waals surface area (Å²) >= 11 is 0. The van der Waals surface area contributed by atoms with E-state index in [1.807, 2.05) is 6.92 Å². The van der Waals surface area contributed by atoms with Gasteiger partial charge in [-0.1, -0.05) is 13.0 Å². The van der Waals surface area contributed by atoms with Crippen LogP contribution in [0.3, 0.4) is 0 Å². The minimum Gasteiger partial charge on any atom is -0.398 e. The number of anilines is 1. The van der Waals surface area contributed by atoms with Gasteiger partial charge in [-0.15, -0.1) is 6.58 Å². The van der Waals surface area contributed by atoms with Crippen molar-refractivity contribution in [3.63, 3.8) is 0 Å². The first-order valence-corrected chi connectivity index (χ1v) is 7.03. The normalized spacial score (nSPS) is 11.7. The number of nitrogens with zero attached hydrogens (tertiary/aromatic N) is 1. The van der Waals surface area contributed by atoms with Crippen molar-refractivity contribution in [3.05, 3.63) is 36.7 Å². The summed E-state index contributed by atoms with van der Waals surface area (Å²) in [5, 5.41) is 0. The summed E-state index contributed by atoms with van der Waals surface area (Å²) in [7, 11) is -3.70. The summed E-state index contributed by atoms with van der Waals surface area (Å²) < 4.78 is 38.8. The third-order valence-corrected chi connectivity index (χ3v) is 4.33. The average molecular weight is 272 g/mol. The van der Waals surface area contributed by atoms with Crippen LogP contribution in [-0.2, 0) is 10.0 Å². The Kier molecular flexibility index (Phi) is 4.86. The maximum atomic E-state index is 12.9. The van der Waals surface area contributed by atoms with Crippen LogP contribution in [0, 0.1) is 5.82 Å². The summed E-state index contributed by atoms with van der Waals surface area (Å²) in [6, 6.07) is 3.28. The molecular formula is C12H17FN2O2S. The van der Waals surface area contributed by atoms with E-state index in [1.165, 1.54) is 16.4 Å². The number of benzene rings is 1. The van der Waals surface area contributed by atoms with Crippen molar-refractivity contribution in [2.24, 2.45) is 0 Å². The lowest BCUT2D eigenvalue weighted by Gasteiger charge is -2.20. The van der Waals surface area contributed by atoms with Crippen molar-refractivity contribution < 1.29 is 12.8 Å². The Bertz CT molecular complexity index is 529. The molecule has 1 aromatic carbocycles. The highest BCUT2D eigenvalue weighted by molar-refractivity contribution is 7.89. The van der Waals surface area contributed by atoms with E-state index < -0.39 is 15.8 Å². The molecule has 1 rings (SSSR count). The largest absolute Gasteiger partial charge is 0.398 e. The molecule has 18 heavy (non-hydrogen) atoms. The van der Waals surface area contributed by atoms with Crippen LogP contribution in [0.4, 0.5) is 10.1 Å². The second-order valence-corrected chi connectivity index (χ2v) is 5.74. The molecule has 0 unspecified atom stereocenters. The fourth-order valence-electron chi connectivity index (χ4n) is 1.60. The predicted octanol–water partition coefficient (Wildman–Crippen LogP) is 1.99. The van der Waals surface area contributed by atoms with Crippen molar-refractivity contribution in [3.8, 4) is 0 Å². The van der Waals surface area contributed by atoms with Crippen LogP contribution in [0.1, 0.15) is 13.3 Å². The molecule has 2 N–H and O–H groups in total. The molecule has 0 aromatic heterocycles. The van der Waals surface area contributed by atoms with Gasteiger partial charge in [-0.05, 0) is 24.6 Å². The van der Waals surface area contributed by atoms with Crippen LogP contribution >= 0.6 is 0 Å². The van der Waals surface area contributed by atoms with Crippen LogP contribution in [-0.4, -0.2) is 25.8 Å². The minimum atomic E-state index is -3.70. The SMILES string of the molecule is C=CCN(CCC)S(=O)(=O)c1ccc(F)cc1N. The number of halogens is 1. The maximum absolute atomic E-state index is 12.9. The Hall–Kier alpha value is -1.40. The highest BCUT2D eigenvalue weighted by Crippen LogP contribution is 2.23. The monoisotopic (exact) mass is 272 g/mol. The molecule has 0 atom stereocenters. The standard InChI is InChI=1S/C12H17FN2O2S/c1-3-7-15(8-4-2)18(16,17)12-6-5-10(13)9-11(12)14/h3,5-6,9H,1,4,7-8,14H2,2H3. The van der Waals surface area contributed by atoms with Gasteiger partial charge >= 0.3 is 0 Å². The van der Waals surface area contributed by atoms with E-state index in [0.717, 1.165) is 12.1 Å². The van der Waals surface area contributed by atoms with E-state index in [4.69, 9.17) is 5.73 Å². The van der Waals surface area contributed by atoms with Crippen LogP contribution in [0.25, 0.3) is 0 Å². The van der Waals surface area contributed by atoms with Gasteiger partial charge in [0.05, 0.1) is 5.69 Å². The Balaban J connectivity index is 3.21. The van der Waals surface area contributed by atoms with E-state index in [-0.39, 0.29) is 17.1 Å². The first-order chi connectivity index (χ1) is 8.43. The molecular weight excluding hydrogens is 255 g/mol. The van der Waals surface area contributed by atoms with Gasteiger partial charge in [0.2, 0.25) is 10.0 Å². The minimum absolute atomic E-state index is 0.0702. The van der Waals surface area contributed by atoms with E-state index >= 15 is 0 Å². The third-order valence-electron chi connectivity index (χ3n) is 2.40. The van der Waals surface area contributed by atoms with Crippen molar-refractivity contribution >= 4 is 15.7 Å². The van der Waals surface area contributed by atoms with E-state index in [0.29, 0.717) is 13.0 Å². The smallest absolute Gasteiger partial charge is 0.245 e. The summed E-state index contributed by atoms with van der Waals surface area (Å²) in [5.74, 6) is -0.558. The Labute approximate surface area is 107 Å². The van der Waals surface area contributed by atoms with E-state index in [9.17, 15) is 12.8 Å². The summed E-state index contributed by atoms with van der Waals surface area (Å²) in [6.07, 6.45) is 2.18. The molecule has 0 radical (unpaired) electrons. The second-order valence-electron chi connectivity index (χ2n) is 3.83. The summed E-state index contributed by atoms with van der Waals surface area (Å²) in [4.78, 5) is -0.0702. The highest BCUT2D eigenvalue weighted by atomic mass is 32.2. The van der Waals surface area contributed by atoms with Crippen molar-refractivity contribution in [1.29, 1.82) is 0 Å². The molecule has 0 aliphatic carbocycles. The highest BCUT2D eigenvalue weighted by Gasteiger charge is 2.25. The van der Waals surface area contributed by atoms with Crippen molar-refractivity contribution in [2.45, 2.75) is 18.2 Å². The second kappa shape index (κ2) is 5.97. The Morgan fingerprint density at radius 3 is 2.67 bits per heavy atom. The molecule has 4 nitrogen and oxygen atoms in total. The summed E-state index contributed by atoms with van der Waals surface area (Å²) in [6.45, 7) is 5.97. The lowest BCUT2D eigenvalue weighted by atomic mass is 10.3. The van der Waals surface area contributed by atoms with Gasteiger partial charge in [-0.25, -0.2) is 12.8 Å². The van der Waals surface area contributed by atoms with Gasteiger partial charge in [0.15, 0.2) is 0 Å². The lowest BCUT2D eigenvalue weighted by molar-refractivity contribution is 0.441. The Morgan fingerprint density at radius 2 is 2.17 bits per heavy atom. The molecule has 1 aromatic rings. The molecule has 6 heteroatoms. The molecule has 100 valence electrons. The summed E-state index contributed by atoms with van der Waals surface area (Å²) in [5.41, 5.74) is 5.48. The Morgan fingerprint density at radius 1 is 1.50 bits per heavy atom. The van der Waals surface area contributed by atoms with Crippen LogP contribution in [0.2, 0.25) is 0 Å². The number of sulfonamides is 1. The fraction of sp³-hybridized carbons (Fsp3) is 0.333. The number of hydrogen-bond acceptors (Lipinski definition) is 3. The van der Waals surface area contributed by atoms with Gasteiger partial charge in [0.1, 0.15) is 10.7 Å². The molecule has 0 saturated heterocycles. The van der Waals surface area contributed by atoms with E-state index in [1.54, 1.807) is 0 Å². The van der Waals surface area contributed by atoms with Crippen LogP contribution in [0.5, 0.6) is 0 Å². The molecule has 0 fully saturated rings. The molecule has 0 aliphatic rings.